The summed E-state index contributed by atoms with van der Waals surface area (Å²) in [7, 11) is 0. The molecule has 0 radical (unpaired) electrons. The van der Waals surface area contributed by atoms with Crippen LogP contribution in [0.4, 0.5) is 0 Å². The second-order valence-electron chi connectivity index (χ2n) is 3.79. The van der Waals surface area contributed by atoms with Gasteiger partial charge in [0.1, 0.15) is 5.56 Å². The molecule has 5 heteroatoms. The Morgan fingerprint density at radius 3 is 2.89 bits per heavy atom. The van der Waals surface area contributed by atoms with Crippen molar-refractivity contribution >= 4 is 29.5 Å². The van der Waals surface area contributed by atoms with Crippen LogP contribution in [0, 0.1) is 0 Å². The molecule has 0 aliphatic heterocycles. The first-order valence-corrected chi connectivity index (χ1v) is 6.23. The molecule has 0 bridgehead atoms. The maximum Gasteiger partial charge on any atom is 0.343 e. The van der Waals surface area contributed by atoms with Crippen molar-refractivity contribution < 1.29 is 9.53 Å². The Morgan fingerprint density at radius 1 is 1.44 bits per heavy atom. The molecule has 2 aromatic rings. The molecule has 0 fully saturated rings. The summed E-state index contributed by atoms with van der Waals surface area (Å²) < 4.78 is 4.83. The Kier molecular flexibility index (Phi) is 3.72. The normalized spacial score (nSPS) is 10.6. The molecule has 0 spiro atoms. The van der Waals surface area contributed by atoms with E-state index in [1.54, 1.807) is 13.0 Å². The van der Waals surface area contributed by atoms with Gasteiger partial charge >= 0.3 is 5.97 Å². The first-order valence-electron chi connectivity index (χ1n) is 5.59. The molecule has 4 nitrogen and oxygen atoms in total. The molecular formula is C13H13NO3S. The maximum atomic E-state index is 12.1. The van der Waals surface area contributed by atoms with Crippen molar-refractivity contribution in [3.05, 3.63) is 45.7 Å². The van der Waals surface area contributed by atoms with Gasteiger partial charge in [0.05, 0.1) is 6.61 Å². The van der Waals surface area contributed by atoms with E-state index in [-0.39, 0.29) is 17.6 Å². The summed E-state index contributed by atoms with van der Waals surface area (Å²) in [4.78, 5) is 26.6. The highest BCUT2D eigenvalue weighted by molar-refractivity contribution is 7.79. The molecule has 1 heterocycles. The van der Waals surface area contributed by atoms with Crippen LogP contribution >= 0.6 is 12.6 Å². The number of hydrogen-bond donors (Lipinski definition) is 2. The van der Waals surface area contributed by atoms with Gasteiger partial charge in [-0.15, -0.1) is 0 Å². The Hall–Kier alpha value is -1.75. The SMILES string of the molecule is CCOC(=O)c1c[nH]c2cc(CS)ccc2c1=O. The zero-order valence-corrected chi connectivity index (χ0v) is 10.8. The Morgan fingerprint density at radius 2 is 2.22 bits per heavy atom. The van der Waals surface area contributed by atoms with E-state index in [9.17, 15) is 9.59 Å². The molecule has 0 amide bonds. The molecule has 1 aromatic carbocycles. The number of esters is 1. The lowest BCUT2D eigenvalue weighted by Crippen LogP contribution is -2.18. The molecule has 0 aliphatic rings. The van der Waals surface area contributed by atoms with E-state index in [4.69, 9.17) is 4.74 Å². The number of carbonyl (C=O) groups is 1. The van der Waals surface area contributed by atoms with Crippen molar-refractivity contribution in [3.8, 4) is 0 Å². The highest BCUT2D eigenvalue weighted by Crippen LogP contribution is 2.13. The fourth-order valence-electron chi connectivity index (χ4n) is 1.73. The molecule has 1 aromatic heterocycles. The number of aromatic nitrogens is 1. The van der Waals surface area contributed by atoms with Crippen LogP contribution in [0.25, 0.3) is 10.9 Å². The van der Waals surface area contributed by atoms with Crippen molar-refractivity contribution in [1.29, 1.82) is 0 Å². The van der Waals surface area contributed by atoms with Crippen molar-refractivity contribution in [2.45, 2.75) is 12.7 Å². The molecule has 0 unspecified atom stereocenters. The summed E-state index contributed by atoms with van der Waals surface area (Å²) in [6.45, 7) is 1.95. The van der Waals surface area contributed by atoms with Crippen molar-refractivity contribution in [2.75, 3.05) is 6.61 Å². The highest BCUT2D eigenvalue weighted by Gasteiger charge is 2.13. The van der Waals surface area contributed by atoms with Gasteiger partial charge < -0.3 is 9.72 Å². The monoisotopic (exact) mass is 263 g/mol. The van der Waals surface area contributed by atoms with Gasteiger partial charge in [-0.1, -0.05) is 6.07 Å². The third-order valence-corrected chi connectivity index (χ3v) is 2.99. The zero-order valence-electron chi connectivity index (χ0n) is 9.90. The van der Waals surface area contributed by atoms with Crippen LogP contribution in [0.2, 0.25) is 0 Å². The largest absolute Gasteiger partial charge is 0.462 e. The zero-order chi connectivity index (χ0) is 13.1. The number of fused-ring (bicyclic) bond motifs is 1. The van der Waals surface area contributed by atoms with E-state index >= 15 is 0 Å². The van der Waals surface area contributed by atoms with Crippen molar-refractivity contribution in [2.24, 2.45) is 0 Å². The van der Waals surface area contributed by atoms with Gasteiger partial charge in [-0.25, -0.2) is 4.79 Å². The van der Waals surface area contributed by atoms with Crippen LogP contribution in [0.3, 0.4) is 0 Å². The highest BCUT2D eigenvalue weighted by atomic mass is 32.1. The number of pyridine rings is 1. The van der Waals surface area contributed by atoms with Gasteiger partial charge in [0, 0.05) is 22.9 Å². The van der Waals surface area contributed by atoms with E-state index in [1.165, 1.54) is 6.20 Å². The van der Waals surface area contributed by atoms with Crippen LogP contribution in [0.5, 0.6) is 0 Å². The summed E-state index contributed by atoms with van der Waals surface area (Å²) in [6.07, 6.45) is 1.39. The van der Waals surface area contributed by atoms with Crippen LogP contribution in [0.15, 0.2) is 29.2 Å². The Labute approximate surface area is 109 Å². The molecule has 0 saturated heterocycles. The number of ether oxygens (including phenoxy) is 1. The minimum absolute atomic E-state index is 0.0305. The lowest BCUT2D eigenvalue weighted by Gasteiger charge is -2.04. The van der Waals surface area contributed by atoms with E-state index in [2.05, 4.69) is 17.6 Å². The van der Waals surface area contributed by atoms with Crippen LogP contribution in [-0.4, -0.2) is 17.6 Å². The van der Waals surface area contributed by atoms with Gasteiger partial charge in [0.25, 0.3) is 0 Å². The summed E-state index contributed by atoms with van der Waals surface area (Å²) in [5, 5.41) is 0.478. The molecule has 1 N–H and O–H groups in total. The predicted molar refractivity (Wildman–Crippen MR) is 73.2 cm³/mol. The standard InChI is InChI=1S/C13H13NO3S/c1-2-17-13(16)10-6-14-11-5-8(7-18)3-4-9(11)12(10)15/h3-6,18H,2,7H2,1H3,(H,14,15). The number of H-pyrrole nitrogens is 1. The maximum absolute atomic E-state index is 12.1. The third-order valence-electron chi connectivity index (χ3n) is 2.62. The van der Waals surface area contributed by atoms with Crippen LogP contribution in [-0.2, 0) is 10.5 Å². The topological polar surface area (TPSA) is 59.2 Å². The van der Waals surface area contributed by atoms with E-state index < -0.39 is 5.97 Å². The Balaban J connectivity index is 2.58. The van der Waals surface area contributed by atoms with Gasteiger partial charge in [-0.2, -0.15) is 12.6 Å². The summed E-state index contributed by atoms with van der Waals surface area (Å²) >= 11 is 4.18. The first kappa shape index (κ1) is 12.7. The number of thiol groups is 1. The number of benzene rings is 1. The minimum atomic E-state index is -0.598. The fourth-order valence-corrected chi connectivity index (χ4v) is 1.92. The molecule has 0 saturated carbocycles. The van der Waals surface area contributed by atoms with Crippen LogP contribution < -0.4 is 5.43 Å². The summed E-state index contributed by atoms with van der Waals surface area (Å²) in [6, 6.07) is 5.36. The summed E-state index contributed by atoms with van der Waals surface area (Å²) in [5.74, 6) is -0.00338. The molecule has 94 valence electrons. The number of nitrogens with one attached hydrogen (secondary N) is 1. The smallest absolute Gasteiger partial charge is 0.343 e. The number of hydrogen-bond acceptors (Lipinski definition) is 4. The van der Waals surface area contributed by atoms with Gasteiger partial charge in [-0.05, 0) is 24.6 Å². The van der Waals surface area contributed by atoms with Crippen molar-refractivity contribution in [1.82, 2.24) is 4.98 Å². The summed E-state index contributed by atoms with van der Waals surface area (Å²) in [5.41, 5.74) is 1.42. The van der Waals surface area contributed by atoms with E-state index in [0.29, 0.717) is 16.7 Å². The lowest BCUT2D eigenvalue weighted by atomic mass is 10.1. The number of aromatic amines is 1. The molecular weight excluding hydrogens is 250 g/mol. The van der Waals surface area contributed by atoms with Gasteiger partial charge in [0.2, 0.25) is 5.43 Å². The predicted octanol–water partition coefficient (Wildman–Crippen LogP) is 2.13. The fraction of sp³-hybridized carbons (Fsp3) is 0.231. The quantitative estimate of drug-likeness (QED) is 0.659. The Bertz CT molecular complexity index is 648. The van der Waals surface area contributed by atoms with E-state index in [0.717, 1.165) is 5.56 Å². The van der Waals surface area contributed by atoms with Gasteiger partial charge in [0.15, 0.2) is 0 Å². The van der Waals surface area contributed by atoms with Gasteiger partial charge in [-0.3, -0.25) is 4.79 Å². The number of carbonyl (C=O) groups excluding carboxylic acids is 1. The minimum Gasteiger partial charge on any atom is -0.462 e. The van der Waals surface area contributed by atoms with E-state index in [1.807, 2.05) is 12.1 Å². The number of rotatable bonds is 3. The second kappa shape index (κ2) is 5.27. The van der Waals surface area contributed by atoms with Crippen molar-refractivity contribution in [3.63, 3.8) is 0 Å². The molecule has 2 rings (SSSR count). The third kappa shape index (κ3) is 2.26. The average Bonchev–Trinajstić information content (AvgIpc) is 2.38. The molecule has 18 heavy (non-hydrogen) atoms. The second-order valence-corrected chi connectivity index (χ2v) is 4.11. The van der Waals surface area contributed by atoms with Crippen LogP contribution in [0.1, 0.15) is 22.8 Å². The molecule has 0 atom stereocenters. The first-order chi connectivity index (χ1) is 8.67. The molecule has 0 aliphatic carbocycles. The lowest BCUT2D eigenvalue weighted by molar-refractivity contribution is 0.0524. The average molecular weight is 263 g/mol.